The highest BCUT2D eigenvalue weighted by atomic mass is 19.1. The van der Waals surface area contributed by atoms with Crippen molar-refractivity contribution in [2.24, 2.45) is 0 Å². The Balaban J connectivity index is 1.42. The Labute approximate surface area is 199 Å². The van der Waals surface area contributed by atoms with Gasteiger partial charge in [-0.3, -0.25) is 9.69 Å². The zero-order chi connectivity index (χ0) is 24.0. The topological polar surface area (TPSA) is 38.8 Å². The number of ether oxygens (including phenoxy) is 2. The lowest BCUT2D eigenvalue weighted by Crippen LogP contribution is -2.31. The zero-order valence-electron chi connectivity index (χ0n) is 19.9. The minimum Gasteiger partial charge on any atom is -0.478 e. The highest BCUT2D eigenvalue weighted by molar-refractivity contribution is 6.15. The van der Waals surface area contributed by atoms with Crippen molar-refractivity contribution in [2.45, 2.75) is 46.2 Å². The molecule has 0 aromatic heterocycles. The fourth-order valence-corrected chi connectivity index (χ4v) is 4.46. The number of carbonyl (C=O) groups excluding carboxylic acids is 1. The summed E-state index contributed by atoms with van der Waals surface area (Å²) in [7, 11) is 0. The van der Waals surface area contributed by atoms with Crippen molar-refractivity contribution in [2.75, 3.05) is 6.73 Å². The number of aryl methyl sites for hydroxylation is 1. The predicted octanol–water partition coefficient (Wildman–Crippen LogP) is 6.40. The third-order valence-corrected chi connectivity index (χ3v) is 6.38. The van der Waals surface area contributed by atoms with Crippen LogP contribution in [0.25, 0.3) is 6.08 Å². The standard InChI is InChI=1S/C29H28FNO3/c1-18-13-24-23(16-31(17-33-24)15-20-7-11-22(30)12-8-20)28-26(18)27(32)25(34-28)14-19-5-9-21(10-6-19)29(2,3)4/h5-14H,15-17H2,1-4H3/b25-14-. The minimum absolute atomic E-state index is 0.0670. The number of carbonyl (C=O) groups is 1. The summed E-state index contributed by atoms with van der Waals surface area (Å²) >= 11 is 0. The van der Waals surface area contributed by atoms with Gasteiger partial charge in [0.05, 0.1) is 11.1 Å². The molecule has 0 fully saturated rings. The monoisotopic (exact) mass is 457 g/mol. The predicted molar refractivity (Wildman–Crippen MR) is 130 cm³/mol. The van der Waals surface area contributed by atoms with Gasteiger partial charge < -0.3 is 9.47 Å². The van der Waals surface area contributed by atoms with Crippen LogP contribution in [-0.2, 0) is 18.5 Å². The van der Waals surface area contributed by atoms with E-state index in [1.165, 1.54) is 17.7 Å². The number of allylic oxidation sites excluding steroid dienone is 1. The van der Waals surface area contributed by atoms with Gasteiger partial charge in [0.15, 0.2) is 5.76 Å². The van der Waals surface area contributed by atoms with E-state index in [1.54, 1.807) is 18.2 Å². The third kappa shape index (κ3) is 4.24. The average Bonchev–Trinajstić information content (AvgIpc) is 3.12. The maximum atomic E-state index is 13.3. The molecule has 174 valence electrons. The van der Waals surface area contributed by atoms with Crippen LogP contribution >= 0.6 is 0 Å². The maximum Gasteiger partial charge on any atom is 0.232 e. The molecule has 0 amide bonds. The molecule has 0 unspecified atom stereocenters. The van der Waals surface area contributed by atoms with Crippen molar-refractivity contribution < 1.29 is 18.7 Å². The van der Waals surface area contributed by atoms with Crippen LogP contribution in [0.1, 0.15) is 58.9 Å². The summed E-state index contributed by atoms with van der Waals surface area (Å²) in [6.07, 6.45) is 1.81. The lowest BCUT2D eigenvalue weighted by molar-refractivity contribution is 0.0872. The zero-order valence-corrected chi connectivity index (χ0v) is 19.9. The molecule has 0 saturated carbocycles. The lowest BCUT2D eigenvalue weighted by atomic mass is 9.86. The molecule has 0 atom stereocenters. The first-order chi connectivity index (χ1) is 16.2. The number of benzene rings is 3. The summed E-state index contributed by atoms with van der Waals surface area (Å²) in [5.74, 6) is 1.30. The number of Topliss-reactive ketones (excluding diaryl/α,β-unsaturated/α-hetero) is 1. The Morgan fingerprint density at radius 3 is 2.44 bits per heavy atom. The summed E-state index contributed by atoms with van der Waals surface area (Å²) in [6.45, 7) is 10.0. The smallest absolute Gasteiger partial charge is 0.232 e. The second-order valence-electron chi connectivity index (χ2n) is 10.1. The number of hydrogen-bond donors (Lipinski definition) is 0. The molecule has 34 heavy (non-hydrogen) atoms. The van der Waals surface area contributed by atoms with Crippen LogP contribution in [0, 0.1) is 12.7 Å². The second-order valence-corrected chi connectivity index (χ2v) is 10.1. The van der Waals surface area contributed by atoms with Gasteiger partial charge in [-0.1, -0.05) is 57.2 Å². The highest BCUT2D eigenvalue weighted by Gasteiger charge is 2.35. The molecule has 5 rings (SSSR count). The number of ketones is 1. The van der Waals surface area contributed by atoms with Crippen LogP contribution in [0.4, 0.5) is 4.39 Å². The van der Waals surface area contributed by atoms with E-state index < -0.39 is 0 Å². The Morgan fingerprint density at radius 1 is 1.06 bits per heavy atom. The highest BCUT2D eigenvalue weighted by Crippen LogP contribution is 2.44. The second kappa shape index (κ2) is 8.41. The first-order valence-electron chi connectivity index (χ1n) is 11.5. The molecular formula is C29H28FNO3. The van der Waals surface area contributed by atoms with Crippen molar-refractivity contribution in [3.8, 4) is 11.5 Å². The normalized spacial score (nSPS) is 16.7. The van der Waals surface area contributed by atoms with Crippen LogP contribution in [0.3, 0.4) is 0 Å². The number of nitrogens with zero attached hydrogens (tertiary/aromatic N) is 1. The molecule has 2 aliphatic rings. The number of hydrogen-bond acceptors (Lipinski definition) is 4. The van der Waals surface area contributed by atoms with E-state index in [2.05, 4.69) is 37.8 Å². The van der Waals surface area contributed by atoms with Gasteiger partial charge in [0, 0.05) is 13.1 Å². The maximum absolute atomic E-state index is 13.3. The summed E-state index contributed by atoms with van der Waals surface area (Å²) in [4.78, 5) is 15.4. The number of fused-ring (bicyclic) bond motifs is 3. The van der Waals surface area contributed by atoms with Gasteiger partial charge in [0.25, 0.3) is 0 Å². The van der Waals surface area contributed by atoms with Gasteiger partial charge in [-0.15, -0.1) is 0 Å². The summed E-state index contributed by atoms with van der Waals surface area (Å²) in [5, 5.41) is 0. The van der Waals surface area contributed by atoms with Crippen molar-refractivity contribution in [3.63, 3.8) is 0 Å². The molecule has 3 aromatic carbocycles. The van der Waals surface area contributed by atoms with Crippen LogP contribution in [0.2, 0.25) is 0 Å². The quantitative estimate of drug-likeness (QED) is 0.427. The van der Waals surface area contributed by atoms with E-state index in [4.69, 9.17) is 9.47 Å². The number of halogens is 1. The first kappa shape index (κ1) is 22.4. The van der Waals surface area contributed by atoms with E-state index in [0.29, 0.717) is 36.9 Å². The van der Waals surface area contributed by atoms with Crippen LogP contribution in [-0.4, -0.2) is 17.4 Å². The Morgan fingerprint density at radius 2 is 1.76 bits per heavy atom. The summed E-state index contributed by atoms with van der Waals surface area (Å²) < 4.78 is 25.4. The molecule has 0 saturated heterocycles. The van der Waals surface area contributed by atoms with Crippen molar-refractivity contribution in [1.29, 1.82) is 0 Å². The van der Waals surface area contributed by atoms with Gasteiger partial charge in [0.2, 0.25) is 5.78 Å². The first-order valence-corrected chi connectivity index (χ1v) is 11.5. The molecule has 0 aliphatic carbocycles. The molecule has 0 N–H and O–H groups in total. The van der Waals surface area contributed by atoms with Crippen LogP contribution in [0.15, 0.2) is 60.4 Å². The van der Waals surface area contributed by atoms with Gasteiger partial charge in [-0.2, -0.15) is 0 Å². The Kier molecular flexibility index (Phi) is 5.53. The molecule has 0 radical (unpaired) electrons. The van der Waals surface area contributed by atoms with E-state index in [9.17, 15) is 9.18 Å². The van der Waals surface area contributed by atoms with Gasteiger partial charge in [-0.25, -0.2) is 4.39 Å². The minimum atomic E-state index is -0.253. The average molecular weight is 458 g/mol. The SMILES string of the molecule is Cc1cc2c(c3c1C(=O)/C(=C/c1ccc(C(C)(C)C)cc1)O3)CN(Cc1ccc(F)cc1)CO2. The van der Waals surface area contributed by atoms with Gasteiger partial charge >= 0.3 is 0 Å². The molecule has 2 heterocycles. The van der Waals surface area contributed by atoms with E-state index in [1.807, 2.05) is 25.1 Å². The van der Waals surface area contributed by atoms with Gasteiger partial charge in [0.1, 0.15) is 24.0 Å². The van der Waals surface area contributed by atoms with Crippen molar-refractivity contribution in [1.82, 2.24) is 4.90 Å². The summed E-state index contributed by atoms with van der Waals surface area (Å²) in [6, 6.07) is 16.6. The fourth-order valence-electron chi connectivity index (χ4n) is 4.46. The van der Waals surface area contributed by atoms with Crippen molar-refractivity contribution >= 4 is 11.9 Å². The van der Waals surface area contributed by atoms with E-state index in [-0.39, 0.29) is 17.0 Å². The molecular weight excluding hydrogens is 429 g/mol. The molecule has 5 heteroatoms. The number of rotatable bonds is 3. The molecule has 4 nitrogen and oxygen atoms in total. The molecule has 2 aliphatic heterocycles. The lowest BCUT2D eigenvalue weighted by Gasteiger charge is -2.30. The van der Waals surface area contributed by atoms with E-state index in [0.717, 1.165) is 28.0 Å². The summed E-state index contributed by atoms with van der Waals surface area (Å²) in [5.41, 5.74) is 5.53. The molecule has 3 aromatic rings. The Bertz CT molecular complexity index is 1280. The van der Waals surface area contributed by atoms with Crippen LogP contribution < -0.4 is 9.47 Å². The largest absolute Gasteiger partial charge is 0.478 e. The van der Waals surface area contributed by atoms with Crippen molar-refractivity contribution in [3.05, 3.63) is 99.6 Å². The van der Waals surface area contributed by atoms with Gasteiger partial charge in [-0.05, 0) is 58.9 Å². The molecule has 0 spiro atoms. The Hall–Kier alpha value is -3.44. The third-order valence-electron chi connectivity index (χ3n) is 6.38. The van der Waals surface area contributed by atoms with Crippen LogP contribution in [0.5, 0.6) is 11.5 Å². The fraction of sp³-hybridized carbons (Fsp3) is 0.276. The molecule has 0 bridgehead atoms. The van der Waals surface area contributed by atoms with E-state index >= 15 is 0 Å².